The molecular formula is C29H26F3NO5. The molecule has 38 heavy (non-hydrogen) atoms. The Morgan fingerprint density at radius 3 is 2.05 bits per heavy atom. The van der Waals surface area contributed by atoms with E-state index in [1.165, 1.54) is 31.4 Å². The first-order valence-electron chi connectivity index (χ1n) is 11.7. The van der Waals surface area contributed by atoms with E-state index < -0.39 is 35.2 Å². The summed E-state index contributed by atoms with van der Waals surface area (Å²) in [6.07, 6.45) is -4.58. The Balaban J connectivity index is 1.93. The van der Waals surface area contributed by atoms with Crippen molar-refractivity contribution in [2.75, 3.05) is 12.0 Å². The van der Waals surface area contributed by atoms with Gasteiger partial charge < -0.3 is 14.9 Å². The summed E-state index contributed by atoms with van der Waals surface area (Å²) in [4.78, 5) is 27.6. The van der Waals surface area contributed by atoms with Crippen molar-refractivity contribution in [2.24, 2.45) is 0 Å². The van der Waals surface area contributed by atoms with Crippen molar-refractivity contribution in [3.8, 4) is 11.5 Å². The number of carbonyl (C=O) groups is 2. The predicted molar refractivity (Wildman–Crippen MR) is 136 cm³/mol. The zero-order valence-electron chi connectivity index (χ0n) is 21.1. The number of ether oxygens (including phenoxy) is 1. The number of hydrogen-bond acceptors (Lipinski definition) is 5. The fourth-order valence-electron chi connectivity index (χ4n) is 4.48. The first kappa shape index (κ1) is 26.8. The topological polar surface area (TPSA) is 87.1 Å². The number of nitrogens with zero attached hydrogens (tertiary/aromatic N) is 1. The van der Waals surface area contributed by atoms with Crippen LogP contribution in [-0.2, 0) is 21.2 Å². The number of methoxy groups -OCH3 is 1. The minimum absolute atomic E-state index is 0.0438. The second-order valence-corrected chi connectivity index (χ2v) is 9.97. The minimum atomic E-state index is -4.58. The lowest BCUT2D eigenvalue weighted by Gasteiger charge is -2.26. The first-order chi connectivity index (χ1) is 17.7. The van der Waals surface area contributed by atoms with Gasteiger partial charge in [0.2, 0.25) is 0 Å². The van der Waals surface area contributed by atoms with Crippen LogP contribution in [0.1, 0.15) is 49.1 Å². The quantitative estimate of drug-likeness (QED) is 0.236. The molecule has 0 radical (unpaired) electrons. The van der Waals surface area contributed by atoms with Gasteiger partial charge in [-0.15, -0.1) is 0 Å². The van der Waals surface area contributed by atoms with Crippen LogP contribution in [0.15, 0.2) is 72.3 Å². The van der Waals surface area contributed by atoms with Crippen molar-refractivity contribution in [1.82, 2.24) is 0 Å². The van der Waals surface area contributed by atoms with Crippen molar-refractivity contribution >= 4 is 23.1 Å². The Labute approximate surface area is 217 Å². The van der Waals surface area contributed by atoms with E-state index >= 15 is 0 Å². The molecule has 0 aromatic heterocycles. The number of halogens is 3. The number of Topliss-reactive ketones (excluding diaryl/α,β-unsaturated/α-hetero) is 1. The van der Waals surface area contributed by atoms with Crippen LogP contribution in [0.25, 0.3) is 5.76 Å². The van der Waals surface area contributed by atoms with Gasteiger partial charge in [0.05, 0.1) is 24.3 Å². The average molecular weight is 526 g/mol. The lowest BCUT2D eigenvalue weighted by molar-refractivity contribution is -0.137. The maximum absolute atomic E-state index is 13.3. The van der Waals surface area contributed by atoms with E-state index in [9.17, 15) is 33.0 Å². The highest BCUT2D eigenvalue weighted by Crippen LogP contribution is 2.44. The van der Waals surface area contributed by atoms with Crippen LogP contribution in [0, 0.1) is 0 Å². The molecule has 1 fully saturated rings. The third kappa shape index (κ3) is 4.83. The van der Waals surface area contributed by atoms with Crippen molar-refractivity contribution in [3.63, 3.8) is 0 Å². The smallest absolute Gasteiger partial charge is 0.416 e. The number of phenolic OH excluding ortho intramolecular Hbond substituents is 1. The number of anilines is 1. The molecule has 3 aromatic rings. The summed E-state index contributed by atoms with van der Waals surface area (Å²) in [5.41, 5.74) is -0.0928. The van der Waals surface area contributed by atoms with Crippen molar-refractivity contribution in [1.29, 1.82) is 0 Å². The third-order valence-corrected chi connectivity index (χ3v) is 6.41. The molecule has 0 spiro atoms. The van der Waals surface area contributed by atoms with E-state index in [1.54, 1.807) is 18.2 Å². The van der Waals surface area contributed by atoms with Crippen molar-refractivity contribution in [3.05, 3.63) is 94.6 Å². The lowest BCUT2D eigenvalue weighted by atomic mass is 9.84. The summed E-state index contributed by atoms with van der Waals surface area (Å²) in [5, 5.41) is 21.2. The van der Waals surface area contributed by atoms with E-state index in [1.807, 2.05) is 20.8 Å². The van der Waals surface area contributed by atoms with Crippen LogP contribution in [-0.4, -0.2) is 29.0 Å². The van der Waals surface area contributed by atoms with Gasteiger partial charge in [0.15, 0.2) is 0 Å². The monoisotopic (exact) mass is 525 g/mol. The molecule has 1 atom stereocenters. The van der Waals surface area contributed by atoms with Crippen molar-refractivity contribution < 1.29 is 37.7 Å². The summed E-state index contributed by atoms with van der Waals surface area (Å²) in [6, 6.07) is 13.2. The number of alkyl halides is 3. The predicted octanol–water partition coefficient (Wildman–Crippen LogP) is 6.34. The number of aliphatic hydroxyl groups is 1. The van der Waals surface area contributed by atoms with Gasteiger partial charge in [0.25, 0.3) is 11.7 Å². The standard InChI is InChI=1S/C29H26F3NO5/c1-28(2,3)21-15-17(7-14-22(21)38-4)25(35)23-24(16-5-12-20(34)13-6-16)33(27(37)26(23)36)19-10-8-18(9-11-19)29(30,31)32/h5-15,24,34-35H,1-4H3/b25-23-. The molecule has 2 N–H and O–H groups in total. The van der Waals surface area contributed by atoms with Gasteiger partial charge >= 0.3 is 6.18 Å². The maximum atomic E-state index is 13.3. The van der Waals surface area contributed by atoms with Crippen LogP contribution < -0.4 is 9.64 Å². The van der Waals surface area contributed by atoms with Gasteiger partial charge in [0.1, 0.15) is 17.3 Å². The Morgan fingerprint density at radius 2 is 1.53 bits per heavy atom. The molecule has 198 valence electrons. The van der Waals surface area contributed by atoms with Gasteiger partial charge in [-0.1, -0.05) is 32.9 Å². The van der Waals surface area contributed by atoms with Crippen molar-refractivity contribution in [2.45, 2.75) is 38.4 Å². The second-order valence-electron chi connectivity index (χ2n) is 9.97. The molecule has 9 heteroatoms. The summed E-state index contributed by atoms with van der Waals surface area (Å²) in [7, 11) is 1.52. The minimum Gasteiger partial charge on any atom is -0.508 e. The van der Waals surface area contributed by atoms with Gasteiger partial charge in [-0.05, 0) is 65.6 Å². The van der Waals surface area contributed by atoms with Crippen LogP contribution in [0.2, 0.25) is 0 Å². The molecule has 1 aliphatic heterocycles. The Bertz CT molecular complexity index is 1420. The largest absolute Gasteiger partial charge is 0.508 e. The molecule has 1 unspecified atom stereocenters. The number of carbonyl (C=O) groups excluding carboxylic acids is 2. The number of hydrogen-bond donors (Lipinski definition) is 2. The van der Waals surface area contributed by atoms with E-state index in [0.717, 1.165) is 34.7 Å². The normalized spacial score (nSPS) is 17.7. The molecule has 4 rings (SSSR count). The summed E-state index contributed by atoms with van der Waals surface area (Å²) in [6.45, 7) is 5.86. The Kier molecular flexibility index (Phi) is 6.73. The number of ketones is 1. The molecule has 1 amide bonds. The Hall–Kier alpha value is -4.27. The SMILES string of the molecule is COc1ccc(/C(O)=C2/C(=O)C(=O)N(c3ccc(C(F)(F)F)cc3)C2c2ccc(O)cc2)cc1C(C)(C)C. The number of benzene rings is 3. The van der Waals surface area contributed by atoms with E-state index in [0.29, 0.717) is 11.3 Å². The van der Waals surface area contributed by atoms with Crippen LogP contribution in [0.4, 0.5) is 18.9 Å². The van der Waals surface area contributed by atoms with Gasteiger partial charge in [0, 0.05) is 16.8 Å². The van der Waals surface area contributed by atoms with E-state index in [2.05, 4.69) is 0 Å². The molecule has 0 saturated carbocycles. The van der Waals surface area contributed by atoms with Crippen LogP contribution >= 0.6 is 0 Å². The highest BCUT2D eigenvalue weighted by atomic mass is 19.4. The number of amides is 1. The molecule has 6 nitrogen and oxygen atoms in total. The molecule has 0 bridgehead atoms. The second kappa shape index (κ2) is 9.55. The van der Waals surface area contributed by atoms with Crippen LogP contribution in [0.3, 0.4) is 0 Å². The van der Waals surface area contributed by atoms with Gasteiger partial charge in [-0.3, -0.25) is 14.5 Å². The highest BCUT2D eigenvalue weighted by molar-refractivity contribution is 6.51. The molecule has 1 heterocycles. The fourth-order valence-corrected chi connectivity index (χ4v) is 4.48. The van der Waals surface area contributed by atoms with Gasteiger partial charge in [-0.25, -0.2) is 0 Å². The third-order valence-electron chi connectivity index (χ3n) is 6.41. The van der Waals surface area contributed by atoms with E-state index in [-0.39, 0.29) is 28.0 Å². The molecule has 0 aliphatic carbocycles. The average Bonchev–Trinajstić information content (AvgIpc) is 3.13. The lowest BCUT2D eigenvalue weighted by Crippen LogP contribution is -2.29. The molecule has 1 saturated heterocycles. The molecular weight excluding hydrogens is 499 g/mol. The molecule has 1 aliphatic rings. The van der Waals surface area contributed by atoms with Gasteiger partial charge in [-0.2, -0.15) is 13.2 Å². The number of rotatable bonds is 4. The maximum Gasteiger partial charge on any atom is 0.416 e. The first-order valence-corrected chi connectivity index (χ1v) is 11.7. The zero-order chi connectivity index (χ0) is 28.0. The van der Waals surface area contributed by atoms with E-state index in [4.69, 9.17) is 4.74 Å². The molecule has 3 aromatic carbocycles. The number of aromatic hydroxyl groups is 1. The van der Waals surface area contributed by atoms with Crippen LogP contribution in [0.5, 0.6) is 11.5 Å². The Morgan fingerprint density at radius 1 is 0.921 bits per heavy atom. The fraction of sp³-hybridized carbons (Fsp3) is 0.241. The highest BCUT2D eigenvalue weighted by Gasteiger charge is 2.47. The summed E-state index contributed by atoms with van der Waals surface area (Å²) < 4.78 is 44.8. The zero-order valence-corrected chi connectivity index (χ0v) is 21.1. The number of aliphatic hydroxyl groups excluding tert-OH is 1. The summed E-state index contributed by atoms with van der Waals surface area (Å²) in [5.74, 6) is -1.92. The summed E-state index contributed by atoms with van der Waals surface area (Å²) >= 11 is 0. The number of phenols is 1.